The van der Waals surface area contributed by atoms with Crippen LogP contribution in [0.2, 0.25) is 5.02 Å². The maximum Gasteiger partial charge on any atom is 1.00 e. The standard InChI is InChI=1S/C8H5ClN2.Na.H/c9-6-1-2-7-8(5-6)11-4-3-10-7;;/h1-5H;;/q;+1;-1. The Morgan fingerprint density at radius 3 is 2.50 bits per heavy atom. The third kappa shape index (κ3) is 1.96. The topological polar surface area (TPSA) is 25.8 Å². The minimum Gasteiger partial charge on any atom is -1.00 e. The van der Waals surface area contributed by atoms with Crippen molar-refractivity contribution in [3.8, 4) is 0 Å². The Hall–Kier alpha value is -0.150. The zero-order valence-corrected chi connectivity index (χ0v) is 9.42. The van der Waals surface area contributed by atoms with Gasteiger partial charge in [0.2, 0.25) is 0 Å². The molecule has 1 heterocycles. The van der Waals surface area contributed by atoms with Crippen molar-refractivity contribution in [3.63, 3.8) is 0 Å². The van der Waals surface area contributed by atoms with Gasteiger partial charge in [0, 0.05) is 17.4 Å². The van der Waals surface area contributed by atoms with Crippen molar-refractivity contribution in [2.75, 3.05) is 0 Å². The largest absolute Gasteiger partial charge is 1.00 e. The first-order valence-electron chi connectivity index (χ1n) is 3.22. The van der Waals surface area contributed by atoms with Crippen LogP contribution in [0, 0.1) is 0 Å². The van der Waals surface area contributed by atoms with Gasteiger partial charge in [-0.25, -0.2) is 0 Å². The molecule has 0 unspecified atom stereocenters. The first-order chi connectivity index (χ1) is 5.36. The van der Waals surface area contributed by atoms with Crippen molar-refractivity contribution in [2.24, 2.45) is 0 Å². The van der Waals surface area contributed by atoms with Crippen LogP contribution in [0.5, 0.6) is 0 Å². The van der Waals surface area contributed by atoms with Gasteiger partial charge in [0.15, 0.2) is 0 Å². The Labute approximate surface area is 98.8 Å². The van der Waals surface area contributed by atoms with Crippen LogP contribution in [0.1, 0.15) is 1.43 Å². The summed E-state index contributed by atoms with van der Waals surface area (Å²) in [5.41, 5.74) is 1.71. The summed E-state index contributed by atoms with van der Waals surface area (Å²) in [4.78, 5) is 8.20. The van der Waals surface area contributed by atoms with Gasteiger partial charge in [-0.3, -0.25) is 9.97 Å². The van der Waals surface area contributed by atoms with E-state index in [1.54, 1.807) is 24.5 Å². The summed E-state index contributed by atoms with van der Waals surface area (Å²) in [6.45, 7) is 0. The Kier molecular flexibility index (Phi) is 3.47. The number of hydrogen-bond acceptors (Lipinski definition) is 2. The number of fused-ring (bicyclic) bond motifs is 1. The normalized spacial score (nSPS) is 9.42. The van der Waals surface area contributed by atoms with Crippen molar-refractivity contribution in [1.82, 2.24) is 9.97 Å². The minimum absolute atomic E-state index is 0. The molecule has 0 saturated heterocycles. The summed E-state index contributed by atoms with van der Waals surface area (Å²) in [6.07, 6.45) is 3.31. The number of hydrogen-bond donors (Lipinski definition) is 0. The van der Waals surface area contributed by atoms with E-state index in [1.165, 1.54) is 0 Å². The molecule has 1 aromatic heterocycles. The van der Waals surface area contributed by atoms with Crippen LogP contribution >= 0.6 is 11.6 Å². The summed E-state index contributed by atoms with van der Waals surface area (Å²) in [7, 11) is 0. The summed E-state index contributed by atoms with van der Waals surface area (Å²) < 4.78 is 0. The van der Waals surface area contributed by atoms with E-state index in [9.17, 15) is 0 Å². The Bertz CT molecular complexity index is 397. The molecular formula is C8H6ClN2Na. The second-order valence-corrected chi connectivity index (χ2v) is 2.63. The van der Waals surface area contributed by atoms with Gasteiger partial charge >= 0.3 is 29.6 Å². The summed E-state index contributed by atoms with van der Waals surface area (Å²) >= 11 is 5.75. The average Bonchev–Trinajstić information content (AvgIpc) is 2.04. The van der Waals surface area contributed by atoms with Gasteiger partial charge in [0.25, 0.3) is 0 Å². The molecule has 0 N–H and O–H groups in total. The Morgan fingerprint density at radius 2 is 1.75 bits per heavy atom. The monoisotopic (exact) mass is 188 g/mol. The van der Waals surface area contributed by atoms with E-state index in [4.69, 9.17) is 11.6 Å². The molecule has 0 radical (unpaired) electrons. The zero-order chi connectivity index (χ0) is 7.68. The fraction of sp³-hybridized carbons (Fsp3) is 0. The first kappa shape index (κ1) is 9.93. The SMILES string of the molecule is Clc1ccc2nccnc2c1.[H-].[Na+]. The molecule has 0 aliphatic rings. The van der Waals surface area contributed by atoms with E-state index < -0.39 is 0 Å². The van der Waals surface area contributed by atoms with Crippen LogP contribution in [0.15, 0.2) is 30.6 Å². The number of rotatable bonds is 0. The molecule has 4 heteroatoms. The summed E-state index contributed by atoms with van der Waals surface area (Å²) in [5.74, 6) is 0. The van der Waals surface area contributed by atoms with Gasteiger partial charge in [-0.05, 0) is 18.2 Å². The van der Waals surface area contributed by atoms with Crippen LogP contribution in [-0.4, -0.2) is 9.97 Å². The fourth-order valence-electron chi connectivity index (χ4n) is 0.936. The predicted molar refractivity (Wildman–Crippen MR) is 45.7 cm³/mol. The number of halogens is 1. The van der Waals surface area contributed by atoms with Crippen LogP contribution in [-0.2, 0) is 0 Å². The van der Waals surface area contributed by atoms with E-state index in [0.717, 1.165) is 11.0 Å². The number of aromatic nitrogens is 2. The van der Waals surface area contributed by atoms with Crippen LogP contribution in [0.25, 0.3) is 11.0 Å². The molecular weight excluding hydrogens is 183 g/mol. The molecule has 0 aliphatic carbocycles. The van der Waals surface area contributed by atoms with Gasteiger partial charge in [-0.2, -0.15) is 0 Å². The van der Waals surface area contributed by atoms with E-state index in [0.29, 0.717) is 5.02 Å². The van der Waals surface area contributed by atoms with Gasteiger partial charge in [-0.1, -0.05) is 11.6 Å². The van der Waals surface area contributed by atoms with Crippen molar-refractivity contribution in [1.29, 1.82) is 0 Å². The smallest absolute Gasteiger partial charge is 1.00 e. The second kappa shape index (κ2) is 4.19. The maximum atomic E-state index is 5.75. The molecule has 0 saturated carbocycles. The Balaban J connectivity index is 0.000000720. The Morgan fingerprint density at radius 1 is 1.08 bits per heavy atom. The molecule has 0 aliphatic heterocycles. The fourth-order valence-corrected chi connectivity index (χ4v) is 1.10. The zero-order valence-electron chi connectivity index (χ0n) is 7.66. The molecule has 0 amide bonds. The molecule has 2 rings (SSSR count). The average molecular weight is 189 g/mol. The molecule has 2 nitrogen and oxygen atoms in total. The second-order valence-electron chi connectivity index (χ2n) is 2.19. The van der Waals surface area contributed by atoms with Crippen molar-refractivity contribution >= 4 is 22.6 Å². The minimum atomic E-state index is 0. The molecule has 0 spiro atoms. The summed E-state index contributed by atoms with van der Waals surface area (Å²) in [6, 6.07) is 5.45. The van der Waals surface area contributed by atoms with Crippen molar-refractivity contribution < 1.29 is 31.0 Å². The van der Waals surface area contributed by atoms with Crippen molar-refractivity contribution in [3.05, 3.63) is 35.6 Å². The van der Waals surface area contributed by atoms with Crippen LogP contribution < -0.4 is 29.6 Å². The van der Waals surface area contributed by atoms with Gasteiger partial charge in [-0.15, -0.1) is 0 Å². The van der Waals surface area contributed by atoms with Crippen LogP contribution in [0.3, 0.4) is 0 Å². The maximum absolute atomic E-state index is 5.75. The predicted octanol–water partition coefficient (Wildman–Crippen LogP) is -0.600. The molecule has 0 atom stereocenters. The van der Waals surface area contributed by atoms with E-state index in [2.05, 4.69) is 9.97 Å². The molecule has 2 aromatic rings. The molecule has 1 aromatic carbocycles. The third-order valence-electron chi connectivity index (χ3n) is 1.43. The third-order valence-corrected chi connectivity index (χ3v) is 1.67. The van der Waals surface area contributed by atoms with E-state index in [-0.39, 0.29) is 31.0 Å². The molecule has 12 heavy (non-hydrogen) atoms. The van der Waals surface area contributed by atoms with Crippen LogP contribution in [0.4, 0.5) is 0 Å². The van der Waals surface area contributed by atoms with Gasteiger partial charge in [0.1, 0.15) is 0 Å². The first-order valence-corrected chi connectivity index (χ1v) is 3.60. The molecule has 0 fully saturated rings. The van der Waals surface area contributed by atoms with E-state index in [1.807, 2.05) is 6.07 Å². The van der Waals surface area contributed by atoms with Gasteiger partial charge < -0.3 is 1.43 Å². The molecule has 56 valence electrons. The number of benzene rings is 1. The van der Waals surface area contributed by atoms with Crippen molar-refractivity contribution in [2.45, 2.75) is 0 Å². The quantitative estimate of drug-likeness (QED) is 0.516. The van der Waals surface area contributed by atoms with Gasteiger partial charge in [0.05, 0.1) is 11.0 Å². The molecule has 0 bridgehead atoms. The number of nitrogens with zero attached hydrogens (tertiary/aromatic N) is 2. The summed E-state index contributed by atoms with van der Waals surface area (Å²) in [5, 5.41) is 0.693. The van der Waals surface area contributed by atoms with E-state index >= 15 is 0 Å².